The number of benzene rings is 3. The Morgan fingerprint density at radius 2 is 1.39 bits per heavy atom. The van der Waals surface area contributed by atoms with Crippen LogP contribution in [0, 0.1) is 0 Å². The number of amides is 1. The SMILES string of the molecule is COc1ccc(S(=O)(=O)Nc2ccc(C(=O)Nc3ccc(OC)cc3OC)cc2)cc1. The molecule has 3 aromatic rings. The lowest BCUT2D eigenvalue weighted by Crippen LogP contribution is -2.14. The first-order valence-electron chi connectivity index (χ1n) is 9.16. The van der Waals surface area contributed by atoms with Gasteiger partial charge >= 0.3 is 0 Å². The largest absolute Gasteiger partial charge is 0.497 e. The fourth-order valence-electron chi connectivity index (χ4n) is 2.75. The number of anilines is 2. The van der Waals surface area contributed by atoms with Gasteiger partial charge in [-0.05, 0) is 60.7 Å². The van der Waals surface area contributed by atoms with E-state index in [-0.39, 0.29) is 10.8 Å². The molecule has 31 heavy (non-hydrogen) atoms. The summed E-state index contributed by atoms with van der Waals surface area (Å²) in [5, 5.41) is 2.76. The van der Waals surface area contributed by atoms with Crippen molar-refractivity contribution < 1.29 is 27.4 Å². The Hall–Kier alpha value is -3.72. The van der Waals surface area contributed by atoms with E-state index in [1.165, 1.54) is 57.7 Å². The van der Waals surface area contributed by atoms with Crippen molar-refractivity contribution in [3.8, 4) is 17.2 Å². The van der Waals surface area contributed by atoms with Gasteiger partial charge in [0.1, 0.15) is 17.2 Å². The molecule has 8 nitrogen and oxygen atoms in total. The van der Waals surface area contributed by atoms with Crippen LogP contribution in [0.5, 0.6) is 17.2 Å². The van der Waals surface area contributed by atoms with Crippen molar-refractivity contribution in [3.05, 3.63) is 72.3 Å². The zero-order chi connectivity index (χ0) is 22.4. The van der Waals surface area contributed by atoms with Gasteiger partial charge in [-0.1, -0.05) is 0 Å². The molecule has 0 unspecified atom stereocenters. The smallest absolute Gasteiger partial charge is 0.261 e. The maximum Gasteiger partial charge on any atom is 0.261 e. The first-order valence-corrected chi connectivity index (χ1v) is 10.6. The van der Waals surface area contributed by atoms with Crippen molar-refractivity contribution in [2.24, 2.45) is 0 Å². The zero-order valence-corrected chi connectivity index (χ0v) is 18.0. The van der Waals surface area contributed by atoms with Crippen LogP contribution in [0.1, 0.15) is 10.4 Å². The van der Waals surface area contributed by atoms with E-state index in [2.05, 4.69) is 10.0 Å². The van der Waals surface area contributed by atoms with E-state index in [0.29, 0.717) is 34.2 Å². The molecule has 0 aromatic heterocycles. The van der Waals surface area contributed by atoms with E-state index in [0.717, 1.165) is 0 Å². The molecule has 3 rings (SSSR count). The van der Waals surface area contributed by atoms with Crippen molar-refractivity contribution in [3.63, 3.8) is 0 Å². The maximum absolute atomic E-state index is 12.6. The lowest BCUT2D eigenvalue weighted by molar-refractivity contribution is 0.102. The molecule has 162 valence electrons. The predicted octanol–water partition coefficient (Wildman–Crippen LogP) is 3.77. The minimum atomic E-state index is -3.77. The van der Waals surface area contributed by atoms with Gasteiger partial charge in [0.05, 0.1) is 31.9 Å². The van der Waals surface area contributed by atoms with Crippen LogP contribution in [0.25, 0.3) is 0 Å². The second-order valence-electron chi connectivity index (χ2n) is 6.38. The summed E-state index contributed by atoms with van der Waals surface area (Å²) < 4.78 is 43.0. The highest BCUT2D eigenvalue weighted by Crippen LogP contribution is 2.29. The van der Waals surface area contributed by atoms with Crippen molar-refractivity contribution in [2.45, 2.75) is 4.90 Å². The van der Waals surface area contributed by atoms with Crippen LogP contribution in [-0.2, 0) is 10.0 Å². The van der Waals surface area contributed by atoms with Gasteiger partial charge in [-0.3, -0.25) is 9.52 Å². The maximum atomic E-state index is 12.6. The highest BCUT2D eigenvalue weighted by molar-refractivity contribution is 7.92. The van der Waals surface area contributed by atoms with Crippen molar-refractivity contribution in [1.82, 2.24) is 0 Å². The number of hydrogen-bond acceptors (Lipinski definition) is 6. The van der Waals surface area contributed by atoms with E-state index in [1.807, 2.05) is 0 Å². The van der Waals surface area contributed by atoms with Crippen LogP contribution < -0.4 is 24.2 Å². The lowest BCUT2D eigenvalue weighted by Gasteiger charge is -2.12. The van der Waals surface area contributed by atoms with Crippen LogP contribution in [0.2, 0.25) is 0 Å². The van der Waals surface area contributed by atoms with Gasteiger partial charge in [-0.25, -0.2) is 8.42 Å². The van der Waals surface area contributed by atoms with Crippen LogP contribution >= 0.6 is 0 Å². The van der Waals surface area contributed by atoms with Crippen molar-refractivity contribution in [2.75, 3.05) is 31.4 Å². The molecule has 0 spiro atoms. The second-order valence-corrected chi connectivity index (χ2v) is 8.06. The third-order valence-electron chi connectivity index (χ3n) is 4.43. The molecule has 0 radical (unpaired) electrons. The summed E-state index contributed by atoms with van der Waals surface area (Å²) in [6.45, 7) is 0. The molecule has 0 bridgehead atoms. The number of rotatable bonds is 8. The van der Waals surface area contributed by atoms with E-state index in [9.17, 15) is 13.2 Å². The average molecular weight is 442 g/mol. The third kappa shape index (κ3) is 5.26. The fourth-order valence-corrected chi connectivity index (χ4v) is 3.81. The molecule has 0 atom stereocenters. The monoisotopic (exact) mass is 442 g/mol. The van der Waals surface area contributed by atoms with Crippen LogP contribution in [0.4, 0.5) is 11.4 Å². The minimum Gasteiger partial charge on any atom is -0.497 e. The number of hydrogen-bond donors (Lipinski definition) is 2. The molecule has 0 saturated carbocycles. The van der Waals surface area contributed by atoms with Crippen LogP contribution in [0.15, 0.2) is 71.6 Å². The fraction of sp³-hybridized carbons (Fsp3) is 0.136. The molecule has 0 heterocycles. The summed E-state index contributed by atoms with van der Waals surface area (Å²) in [4.78, 5) is 12.7. The summed E-state index contributed by atoms with van der Waals surface area (Å²) >= 11 is 0. The van der Waals surface area contributed by atoms with Gasteiger partial charge < -0.3 is 19.5 Å². The van der Waals surface area contributed by atoms with Gasteiger partial charge in [0.15, 0.2) is 0 Å². The number of sulfonamides is 1. The number of methoxy groups -OCH3 is 3. The highest BCUT2D eigenvalue weighted by atomic mass is 32.2. The van der Waals surface area contributed by atoms with Crippen LogP contribution in [-0.4, -0.2) is 35.7 Å². The summed E-state index contributed by atoms with van der Waals surface area (Å²) in [5.74, 6) is 1.25. The van der Waals surface area contributed by atoms with E-state index < -0.39 is 10.0 Å². The van der Waals surface area contributed by atoms with Gasteiger partial charge in [0.2, 0.25) is 0 Å². The van der Waals surface area contributed by atoms with Crippen molar-refractivity contribution in [1.29, 1.82) is 0 Å². The summed E-state index contributed by atoms with van der Waals surface area (Å²) in [6, 6.07) is 17.1. The number of carbonyl (C=O) groups is 1. The molecule has 3 aromatic carbocycles. The molecule has 9 heteroatoms. The van der Waals surface area contributed by atoms with Crippen LogP contribution in [0.3, 0.4) is 0 Å². The summed E-state index contributed by atoms with van der Waals surface area (Å²) in [6.07, 6.45) is 0. The van der Waals surface area contributed by atoms with Crippen molar-refractivity contribution >= 4 is 27.3 Å². The quantitative estimate of drug-likeness (QED) is 0.551. The number of carbonyl (C=O) groups excluding carboxylic acids is 1. The molecule has 0 saturated heterocycles. The van der Waals surface area contributed by atoms with Gasteiger partial charge in [0, 0.05) is 17.3 Å². The Balaban J connectivity index is 1.71. The zero-order valence-electron chi connectivity index (χ0n) is 17.2. The second kappa shape index (κ2) is 9.40. The number of nitrogens with one attached hydrogen (secondary N) is 2. The van der Waals surface area contributed by atoms with Gasteiger partial charge in [0.25, 0.3) is 15.9 Å². The molecule has 0 fully saturated rings. The van der Waals surface area contributed by atoms with Gasteiger partial charge in [-0.2, -0.15) is 0 Å². The highest BCUT2D eigenvalue weighted by Gasteiger charge is 2.15. The first kappa shape index (κ1) is 22.0. The van der Waals surface area contributed by atoms with E-state index in [4.69, 9.17) is 14.2 Å². The standard InChI is InChI=1S/C22H22N2O6S/c1-28-17-8-11-19(12-9-17)31(26,27)24-16-6-4-15(5-7-16)22(25)23-20-13-10-18(29-2)14-21(20)30-3/h4-14,24H,1-3H3,(H,23,25). The molecular formula is C22H22N2O6S. The minimum absolute atomic E-state index is 0.0988. The van der Waals surface area contributed by atoms with E-state index >= 15 is 0 Å². The molecule has 0 aliphatic carbocycles. The molecule has 0 aliphatic rings. The summed E-state index contributed by atoms with van der Waals surface area (Å²) in [5.41, 5.74) is 1.16. The topological polar surface area (TPSA) is 103 Å². The molecule has 2 N–H and O–H groups in total. The molecular weight excluding hydrogens is 420 g/mol. The lowest BCUT2D eigenvalue weighted by atomic mass is 10.2. The Labute approximate surface area is 180 Å². The Morgan fingerprint density at radius 3 is 1.97 bits per heavy atom. The Kier molecular flexibility index (Phi) is 6.66. The first-order chi connectivity index (χ1) is 14.9. The Morgan fingerprint density at radius 1 is 0.774 bits per heavy atom. The predicted molar refractivity (Wildman–Crippen MR) is 118 cm³/mol. The third-order valence-corrected chi connectivity index (χ3v) is 5.82. The van der Waals surface area contributed by atoms with E-state index in [1.54, 1.807) is 30.3 Å². The number of ether oxygens (including phenoxy) is 3. The van der Waals surface area contributed by atoms with Gasteiger partial charge in [-0.15, -0.1) is 0 Å². The molecule has 1 amide bonds. The molecule has 0 aliphatic heterocycles. The Bertz CT molecular complexity index is 1160. The average Bonchev–Trinajstić information content (AvgIpc) is 2.79. The summed E-state index contributed by atoms with van der Waals surface area (Å²) in [7, 11) is 0.767. The normalized spacial score (nSPS) is 10.8.